The topological polar surface area (TPSA) is 29.5 Å². The molecule has 1 fully saturated rings. The van der Waals surface area contributed by atoms with E-state index in [1.165, 1.54) is 11.1 Å². The molecule has 0 aliphatic carbocycles. The number of carbonyl (C=O) groups is 1. The highest BCUT2D eigenvalue weighted by Crippen LogP contribution is 2.19. The van der Waals surface area contributed by atoms with Crippen LogP contribution in [0.3, 0.4) is 0 Å². The van der Waals surface area contributed by atoms with E-state index in [0.717, 1.165) is 31.7 Å². The Morgan fingerprint density at radius 2 is 1.89 bits per heavy atom. The van der Waals surface area contributed by atoms with Gasteiger partial charge in [0.15, 0.2) is 6.10 Å². The van der Waals surface area contributed by atoms with Crippen LogP contribution in [0.15, 0.2) is 18.2 Å². The molecule has 3 nitrogen and oxygen atoms in total. The molecule has 0 radical (unpaired) electrons. The zero-order valence-electron chi connectivity index (χ0n) is 11.4. The normalized spacial score (nSPS) is 16.7. The highest BCUT2D eigenvalue weighted by Gasteiger charge is 2.24. The number of carbonyl (C=O) groups excluding carboxylic acids is 1. The second-order valence-electron chi connectivity index (χ2n) is 5.04. The zero-order chi connectivity index (χ0) is 13.1. The van der Waals surface area contributed by atoms with Gasteiger partial charge in [0.25, 0.3) is 5.91 Å². The predicted molar refractivity (Wildman–Crippen MR) is 71.8 cm³/mol. The lowest BCUT2D eigenvalue weighted by Gasteiger charge is -2.21. The Hall–Kier alpha value is -1.51. The molecule has 1 aromatic rings. The molecule has 2 rings (SSSR count). The molecule has 1 saturated heterocycles. The summed E-state index contributed by atoms with van der Waals surface area (Å²) >= 11 is 0. The Morgan fingerprint density at radius 1 is 1.22 bits per heavy atom. The van der Waals surface area contributed by atoms with E-state index in [1.807, 2.05) is 30.0 Å². The summed E-state index contributed by atoms with van der Waals surface area (Å²) in [6.07, 6.45) is 1.83. The maximum absolute atomic E-state index is 12.1. The van der Waals surface area contributed by atoms with Crippen LogP contribution in [-0.4, -0.2) is 30.0 Å². The van der Waals surface area contributed by atoms with E-state index in [2.05, 4.69) is 13.8 Å². The van der Waals surface area contributed by atoms with Crippen LogP contribution in [0.5, 0.6) is 5.75 Å². The first-order chi connectivity index (χ1) is 8.58. The lowest BCUT2D eigenvalue weighted by atomic mass is 10.1. The summed E-state index contributed by atoms with van der Waals surface area (Å²) in [5.41, 5.74) is 2.43. The van der Waals surface area contributed by atoms with Crippen LogP contribution < -0.4 is 4.74 Å². The van der Waals surface area contributed by atoms with Crippen LogP contribution in [0, 0.1) is 13.8 Å². The van der Waals surface area contributed by atoms with E-state index in [1.54, 1.807) is 0 Å². The van der Waals surface area contributed by atoms with Gasteiger partial charge in [-0.25, -0.2) is 0 Å². The first-order valence-electron chi connectivity index (χ1n) is 6.60. The summed E-state index contributed by atoms with van der Waals surface area (Å²) in [5, 5.41) is 0. The molecule has 1 amide bonds. The minimum atomic E-state index is -0.398. The molecule has 1 aliphatic heterocycles. The summed E-state index contributed by atoms with van der Waals surface area (Å²) in [5.74, 6) is 0.879. The van der Waals surface area contributed by atoms with E-state index < -0.39 is 6.10 Å². The predicted octanol–water partition coefficient (Wildman–Crippen LogP) is 2.69. The molecule has 0 spiro atoms. The molecule has 0 N–H and O–H groups in total. The van der Waals surface area contributed by atoms with Gasteiger partial charge in [0, 0.05) is 13.1 Å². The Bertz CT molecular complexity index is 436. The third kappa shape index (κ3) is 2.84. The van der Waals surface area contributed by atoms with Crippen LogP contribution >= 0.6 is 0 Å². The fraction of sp³-hybridized carbons (Fsp3) is 0.533. The molecule has 1 unspecified atom stereocenters. The highest BCUT2D eigenvalue weighted by atomic mass is 16.5. The van der Waals surface area contributed by atoms with Gasteiger partial charge in [0.05, 0.1) is 0 Å². The SMILES string of the molecule is Cc1ccc(OC(C)C(=O)N2CCCC2)cc1C. The number of hydrogen-bond acceptors (Lipinski definition) is 2. The first-order valence-corrected chi connectivity index (χ1v) is 6.60. The number of likely N-dealkylation sites (tertiary alicyclic amines) is 1. The molecular weight excluding hydrogens is 226 g/mol. The molecule has 3 heteroatoms. The number of amides is 1. The monoisotopic (exact) mass is 247 g/mol. The van der Waals surface area contributed by atoms with Crippen molar-refractivity contribution in [2.75, 3.05) is 13.1 Å². The maximum Gasteiger partial charge on any atom is 0.263 e. The van der Waals surface area contributed by atoms with Gasteiger partial charge < -0.3 is 9.64 Å². The van der Waals surface area contributed by atoms with Crippen LogP contribution in [0.2, 0.25) is 0 Å². The summed E-state index contributed by atoms with van der Waals surface area (Å²) in [6.45, 7) is 7.70. The number of aryl methyl sites for hydroxylation is 2. The van der Waals surface area contributed by atoms with Crippen molar-refractivity contribution < 1.29 is 9.53 Å². The molecule has 1 aromatic carbocycles. The summed E-state index contributed by atoms with van der Waals surface area (Å²) in [6, 6.07) is 5.94. The van der Waals surface area contributed by atoms with Crippen molar-refractivity contribution >= 4 is 5.91 Å². The maximum atomic E-state index is 12.1. The van der Waals surface area contributed by atoms with Crippen LogP contribution in [0.1, 0.15) is 30.9 Å². The van der Waals surface area contributed by atoms with Crippen molar-refractivity contribution in [3.8, 4) is 5.75 Å². The fourth-order valence-electron chi connectivity index (χ4n) is 2.24. The lowest BCUT2D eigenvalue weighted by Crippen LogP contribution is -2.38. The average molecular weight is 247 g/mol. The average Bonchev–Trinajstić information content (AvgIpc) is 2.86. The standard InChI is InChI=1S/C15H21NO2/c1-11-6-7-14(10-12(11)2)18-13(3)15(17)16-8-4-5-9-16/h6-7,10,13H,4-5,8-9H2,1-3H3. The van der Waals surface area contributed by atoms with Gasteiger partial charge in [0.1, 0.15) is 5.75 Å². The first kappa shape index (κ1) is 12.9. The van der Waals surface area contributed by atoms with Gasteiger partial charge in [-0.3, -0.25) is 4.79 Å². The molecule has 1 aliphatic rings. The zero-order valence-corrected chi connectivity index (χ0v) is 11.4. The van der Waals surface area contributed by atoms with Crippen LogP contribution in [0.4, 0.5) is 0 Å². The molecule has 1 heterocycles. The van der Waals surface area contributed by atoms with E-state index >= 15 is 0 Å². The van der Waals surface area contributed by atoms with Crippen molar-refractivity contribution in [3.05, 3.63) is 29.3 Å². The fourth-order valence-corrected chi connectivity index (χ4v) is 2.24. The summed E-state index contributed by atoms with van der Waals surface area (Å²) < 4.78 is 5.73. The van der Waals surface area contributed by atoms with Crippen molar-refractivity contribution in [1.29, 1.82) is 0 Å². The second-order valence-corrected chi connectivity index (χ2v) is 5.04. The Labute approximate surface area is 109 Å². The molecule has 98 valence electrons. The van der Waals surface area contributed by atoms with Crippen molar-refractivity contribution in [2.24, 2.45) is 0 Å². The van der Waals surface area contributed by atoms with Gasteiger partial charge in [-0.1, -0.05) is 6.07 Å². The van der Waals surface area contributed by atoms with Gasteiger partial charge in [-0.05, 0) is 56.9 Å². The number of hydrogen-bond donors (Lipinski definition) is 0. The van der Waals surface area contributed by atoms with Gasteiger partial charge >= 0.3 is 0 Å². The Kier molecular flexibility index (Phi) is 3.90. The molecule has 1 atom stereocenters. The third-order valence-corrected chi connectivity index (χ3v) is 3.56. The Morgan fingerprint density at radius 3 is 2.50 bits per heavy atom. The van der Waals surface area contributed by atoms with E-state index in [9.17, 15) is 4.79 Å². The van der Waals surface area contributed by atoms with Gasteiger partial charge in [-0.2, -0.15) is 0 Å². The third-order valence-electron chi connectivity index (χ3n) is 3.56. The van der Waals surface area contributed by atoms with Crippen molar-refractivity contribution in [2.45, 2.75) is 39.7 Å². The number of ether oxygens (including phenoxy) is 1. The smallest absolute Gasteiger partial charge is 0.263 e. The minimum Gasteiger partial charge on any atom is -0.481 e. The van der Waals surface area contributed by atoms with E-state index in [-0.39, 0.29) is 5.91 Å². The number of nitrogens with zero attached hydrogens (tertiary/aromatic N) is 1. The lowest BCUT2D eigenvalue weighted by molar-refractivity contribution is -0.136. The molecule has 0 aromatic heterocycles. The largest absolute Gasteiger partial charge is 0.481 e. The van der Waals surface area contributed by atoms with Crippen LogP contribution in [0.25, 0.3) is 0 Å². The van der Waals surface area contributed by atoms with Crippen molar-refractivity contribution in [1.82, 2.24) is 4.90 Å². The van der Waals surface area contributed by atoms with Crippen molar-refractivity contribution in [3.63, 3.8) is 0 Å². The van der Waals surface area contributed by atoms with E-state index in [4.69, 9.17) is 4.74 Å². The highest BCUT2D eigenvalue weighted by molar-refractivity contribution is 5.81. The quantitative estimate of drug-likeness (QED) is 0.822. The Balaban J connectivity index is 1.99. The summed E-state index contributed by atoms with van der Waals surface area (Å²) in [4.78, 5) is 14.0. The summed E-state index contributed by atoms with van der Waals surface area (Å²) in [7, 11) is 0. The van der Waals surface area contributed by atoms with E-state index in [0.29, 0.717) is 0 Å². The molecule has 0 bridgehead atoms. The number of benzene rings is 1. The number of rotatable bonds is 3. The second kappa shape index (κ2) is 5.42. The molecular formula is C15H21NO2. The van der Waals surface area contributed by atoms with Crippen LogP contribution in [-0.2, 0) is 4.79 Å². The molecule has 0 saturated carbocycles. The minimum absolute atomic E-state index is 0.103. The molecule has 18 heavy (non-hydrogen) atoms. The van der Waals surface area contributed by atoms with Gasteiger partial charge in [-0.15, -0.1) is 0 Å². The van der Waals surface area contributed by atoms with Gasteiger partial charge in [0.2, 0.25) is 0 Å².